The minimum Gasteiger partial charge on any atom is -0.397 e. The van der Waals surface area contributed by atoms with Crippen molar-refractivity contribution in [3.63, 3.8) is 0 Å². The molecule has 0 unspecified atom stereocenters. The predicted molar refractivity (Wildman–Crippen MR) is 78.4 cm³/mol. The van der Waals surface area contributed by atoms with E-state index in [0.29, 0.717) is 23.5 Å². The van der Waals surface area contributed by atoms with E-state index in [9.17, 15) is 9.90 Å². The van der Waals surface area contributed by atoms with E-state index in [1.54, 1.807) is 13.0 Å². The molecule has 4 N–H and O–H groups in total. The molecule has 1 aliphatic carbocycles. The van der Waals surface area contributed by atoms with Crippen LogP contribution in [0, 0.1) is 6.92 Å². The average Bonchev–Trinajstić information content (AvgIpc) is 2.64. The topological polar surface area (TPSA) is 88.2 Å². The second kappa shape index (κ2) is 6.22. The third-order valence-corrected chi connectivity index (χ3v) is 3.96. The van der Waals surface area contributed by atoms with Gasteiger partial charge in [0.15, 0.2) is 0 Å². The number of aryl methyl sites for hydroxylation is 1. The molecule has 1 heterocycles. The summed E-state index contributed by atoms with van der Waals surface area (Å²) in [7, 11) is 0. The lowest BCUT2D eigenvalue weighted by Gasteiger charge is -2.26. The number of carbonyl (C=O) groups excluding carboxylic acids is 1. The van der Waals surface area contributed by atoms with Crippen molar-refractivity contribution in [1.82, 2.24) is 10.3 Å². The van der Waals surface area contributed by atoms with E-state index in [1.807, 2.05) is 0 Å². The molecule has 0 aliphatic heterocycles. The van der Waals surface area contributed by atoms with Crippen LogP contribution >= 0.6 is 0 Å². The first-order valence-corrected chi connectivity index (χ1v) is 7.23. The summed E-state index contributed by atoms with van der Waals surface area (Å²) < 4.78 is 0. The van der Waals surface area contributed by atoms with Crippen molar-refractivity contribution in [2.24, 2.45) is 0 Å². The first-order chi connectivity index (χ1) is 9.50. The van der Waals surface area contributed by atoms with Crippen LogP contribution in [0.2, 0.25) is 0 Å². The average molecular weight is 277 g/mol. The summed E-state index contributed by atoms with van der Waals surface area (Å²) in [6, 6.07) is 1.62. The van der Waals surface area contributed by atoms with Crippen molar-refractivity contribution in [1.29, 1.82) is 0 Å². The van der Waals surface area contributed by atoms with Gasteiger partial charge in [0.05, 0.1) is 28.7 Å². The molecule has 5 heteroatoms. The standard InChI is InChI=1S/C15H23N3O2/c1-11-13(8-12(16)9-17-11)14(19)18-10-15(20)6-4-2-3-5-7-15/h8-9,20H,2-7,10,16H2,1H3,(H,18,19). The number of carbonyl (C=O) groups is 1. The molecule has 110 valence electrons. The monoisotopic (exact) mass is 277 g/mol. The summed E-state index contributed by atoms with van der Waals surface area (Å²) in [5.74, 6) is -0.222. The van der Waals surface area contributed by atoms with Gasteiger partial charge in [-0.15, -0.1) is 0 Å². The van der Waals surface area contributed by atoms with Crippen molar-refractivity contribution in [3.05, 3.63) is 23.5 Å². The van der Waals surface area contributed by atoms with Crippen LogP contribution in [0.25, 0.3) is 0 Å². The first kappa shape index (κ1) is 14.8. The quantitative estimate of drug-likeness (QED) is 0.735. The van der Waals surface area contributed by atoms with Crippen molar-refractivity contribution >= 4 is 11.6 Å². The Morgan fingerprint density at radius 3 is 2.70 bits per heavy atom. The number of pyridine rings is 1. The van der Waals surface area contributed by atoms with Crippen LogP contribution in [-0.2, 0) is 0 Å². The summed E-state index contributed by atoms with van der Waals surface area (Å²) in [5, 5.41) is 13.3. The zero-order valence-corrected chi connectivity index (χ0v) is 12.0. The molecule has 0 saturated heterocycles. The largest absolute Gasteiger partial charge is 0.397 e. The van der Waals surface area contributed by atoms with E-state index in [0.717, 1.165) is 38.5 Å². The second-order valence-electron chi connectivity index (χ2n) is 5.72. The molecule has 2 rings (SSSR count). The number of rotatable bonds is 3. The maximum atomic E-state index is 12.2. The van der Waals surface area contributed by atoms with Crippen LogP contribution in [0.4, 0.5) is 5.69 Å². The molecular formula is C15H23N3O2. The van der Waals surface area contributed by atoms with Gasteiger partial charge in [-0.2, -0.15) is 0 Å². The minimum atomic E-state index is -0.770. The third-order valence-electron chi connectivity index (χ3n) is 3.96. The van der Waals surface area contributed by atoms with Crippen molar-refractivity contribution in [2.45, 2.75) is 51.0 Å². The summed E-state index contributed by atoms with van der Waals surface area (Å²) in [5.41, 5.74) is 6.47. The molecule has 0 bridgehead atoms. The number of nitrogen functional groups attached to an aromatic ring is 1. The van der Waals surface area contributed by atoms with Gasteiger partial charge in [-0.1, -0.05) is 25.7 Å². The van der Waals surface area contributed by atoms with Gasteiger partial charge in [0.25, 0.3) is 5.91 Å². The SMILES string of the molecule is Cc1ncc(N)cc1C(=O)NCC1(O)CCCCCC1. The summed E-state index contributed by atoms with van der Waals surface area (Å²) in [6.45, 7) is 2.06. The fourth-order valence-corrected chi connectivity index (χ4v) is 2.68. The molecule has 1 fully saturated rings. The molecule has 0 aromatic carbocycles. The Kier molecular flexibility index (Phi) is 4.60. The number of amides is 1. The fourth-order valence-electron chi connectivity index (χ4n) is 2.68. The van der Waals surface area contributed by atoms with Gasteiger partial charge in [-0.3, -0.25) is 9.78 Å². The Morgan fingerprint density at radius 2 is 2.05 bits per heavy atom. The highest BCUT2D eigenvalue weighted by atomic mass is 16.3. The highest BCUT2D eigenvalue weighted by Gasteiger charge is 2.28. The van der Waals surface area contributed by atoms with Crippen LogP contribution in [-0.4, -0.2) is 28.1 Å². The maximum Gasteiger partial charge on any atom is 0.253 e. The Labute approximate surface area is 119 Å². The van der Waals surface area contributed by atoms with Crippen LogP contribution in [0.1, 0.15) is 54.6 Å². The summed E-state index contributed by atoms with van der Waals surface area (Å²) in [4.78, 5) is 16.2. The van der Waals surface area contributed by atoms with Gasteiger partial charge < -0.3 is 16.2 Å². The van der Waals surface area contributed by atoms with E-state index in [-0.39, 0.29) is 5.91 Å². The molecule has 1 saturated carbocycles. The van der Waals surface area contributed by atoms with E-state index < -0.39 is 5.60 Å². The van der Waals surface area contributed by atoms with E-state index in [1.165, 1.54) is 6.20 Å². The number of anilines is 1. The summed E-state index contributed by atoms with van der Waals surface area (Å²) in [6.07, 6.45) is 7.40. The van der Waals surface area contributed by atoms with Gasteiger partial charge in [0.1, 0.15) is 0 Å². The summed E-state index contributed by atoms with van der Waals surface area (Å²) >= 11 is 0. The second-order valence-corrected chi connectivity index (χ2v) is 5.72. The lowest BCUT2D eigenvalue weighted by molar-refractivity contribution is 0.0246. The van der Waals surface area contributed by atoms with Crippen molar-refractivity contribution in [2.75, 3.05) is 12.3 Å². The molecule has 0 atom stereocenters. The van der Waals surface area contributed by atoms with Gasteiger partial charge in [-0.25, -0.2) is 0 Å². The molecule has 1 aromatic rings. The van der Waals surface area contributed by atoms with Gasteiger partial charge in [0, 0.05) is 6.54 Å². The lowest BCUT2D eigenvalue weighted by Crippen LogP contribution is -2.42. The highest BCUT2D eigenvalue weighted by Crippen LogP contribution is 2.26. The van der Waals surface area contributed by atoms with E-state index in [4.69, 9.17) is 5.73 Å². The Bertz CT molecular complexity index is 480. The van der Waals surface area contributed by atoms with Crippen LogP contribution in [0.5, 0.6) is 0 Å². The van der Waals surface area contributed by atoms with Crippen LogP contribution < -0.4 is 11.1 Å². The smallest absolute Gasteiger partial charge is 0.253 e. The number of hydrogen-bond acceptors (Lipinski definition) is 4. The Balaban J connectivity index is 1.99. The Morgan fingerprint density at radius 1 is 1.40 bits per heavy atom. The maximum absolute atomic E-state index is 12.2. The lowest BCUT2D eigenvalue weighted by atomic mass is 9.94. The molecule has 0 spiro atoms. The molecule has 1 aromatic heterocycles. The van der Waals surface area contributed by atoms with Crippen molar-refractivity contribution < 1.29 is 9.90 Å². The molecule has 1 aliphatic rings. The highest BCUT2D eigenvalue weighted by molar-refractivity contribution is 5.95. The predicted octanol–water partition coefficient (Wildman–Crippen LogP) is 1.79. The zero-order valence-electron chi connectivity index (χ0n) is 12.0. The van der Waals surface area contributed by atoms with Crippen molar-refractivity contribution in [3.8, 4) is 0 Å². The zero-order chi connectivity index (χ0) is 14.6. The Hall–Kier alpha value is -1.62. The molecule has 20 heavy (non-hydrogen) atoms. The molecular weight excluding hydrogens is 254 g/mol. The van der Waals surface area contributed by atoms with Gasteiger partial charge in [-0.05, 0) is 25.8 Å². The van der Waals surface area contributed by atoms with E-state index >= 15 is 0 Å². The van der Waals surface area contributed by atoms with Gasteiger partial charge >= 0.3 is 0 Å². The first-order valence-electron chi connectivity index (χ1n) is 7.23. The number of nitrogens with zero attached hydrogens (tertiary/aromatic N) is 1. The molecule has 0 radical (unpaired) electrons. The number of aliphatic hydroxyl groups is 1. The number of aromatic nitrogens is 1. The van der Waals surface area contributed by atoms with Gasteiger partial charge in [0.2, 0.25) is 0 Å². The fraction of sp³-hybridized carbons (Fsp3) is 0.600. The van der Waals surface area contributed by atoms with Crippen LogP contribution in [0.15, 0.2) is 12.3 Å². The number of nitrogens with two attached hydrogens (primary N) is 1. The molecule has 1 amide bonds. The normalized spacial score (nSPS) is 18.3. The van der Waals surface area contributed by atoms with Crippen LogP contribution in [0.3, 0.4) is 0 Å². The minimum absolute atomic E-state index is 0.222. The third kappa shape index (κ3) is 3.70. The number of hydrogen-bond donors (Lipinski definition) is 3. The molecule has 5 nitrogen and oxygen atoms in total. The van der Waals surface area contributed by atoms with E-state index in [2.05, 4.69) is 10.3 Å². The number of nitrogens with one attached hydrogen (secondary N) is 1.